The predicted molar refractivity (Wildman–Crippen MR) is 109 cm³/mol. The van der Waals surface area contributed by atoms with Gasteiger partial charge in [-0.05, 0) is 30.7 Å². The summed E-state index contributed by atoms with van der Waals surface area (Å²) in [7, 11) is 0. The molecule has 5 rings (SSSR count). The summed E-state index contributed by atoms with van der Waals surface area (Å²) < 4.78 is 2.36. The summed E-state index contributed by atoms with van der Waals surface area (Å²) in [6, 6.07) is 29.7. The van der Waals surface area contributed by atoms with Crippen molar-refractivity contribution < 1.29 is 0 Å². The summed E-state index contributed by atoms with van der Waals surface area (Å²) in [4.78, 5) is 4.67. The second kappa shape index (κ2) is 5.85. The molecule has 0 bridgehead atoms. The van der Waals surface area contributed by atoms with Crippen LogP contribution in [0.4, 0.5) is 0 Å². The van der Waals surface area contributed by atoms with Crippen molar-refractivity contribution in [1.82, 2.24) is 9.55 Å². The fraction of sp³-hybridized carbons (Fsp3) is 0.0417. The first-order valence-corrected chi connectivity index (χ1v) is 8.83. The Labute approximate surface area is 152 Å². The highest BCUT2D eigenvalue weighted by Crippen LogP contribution is 2.33. The summed E-state index contributed by atoms with van der Waals surface area (Å²) in [5.74, 6) is 0. The number of para-hydroxylation sites is 2. The van der Waals surface area contributed by atoms with E-state index < -0.39 is 0 Å². The zero-order valence-corrected chi connectivity index (χ0v) is 14.6. The fourth-order valence-corrected chi connectivity index (χ4v) is 3.70. The highest BCUT2D eigenvalue weighted by atomic mass is 15.0. The van der Waals surface area contributed by atoms with Crippen molar-refractivity contribution in [3.05, 3.63) is 96.7 Å². The number of rotatable bonds is 2. The van der Waals surface area contributed by atoms with E-state index in [1.807, 2.05) is 12.3 Å². The second-order valence-electron chi connectivity index (χ2n) is 6.59. The molecular formula is C24H18N2. The summed E-state index contributed by atoms with van der Waals surface area (Å²) in [6.45, 7) is 2.13. The summed E-state index contributed by atoms with van der Waals surface area (Å²) >= 11 is 0. The third-order valence-corrected chi connectivity index (χ3v) is 4.97. The van der Waals surface area contributed by atoms with Crippen LogP contribution in [0.15, 0.2) is 91.1 Å². The molecule has 2 aromatic heterocycles. The van der Waals surface area contributed by atoms with Gasteiger partial charge < -0.3 is 4.57 Å². The van der Waals surface area contributed by atoms with Gasteiger partial charge in [0.1, 0.15) is 0 Å². The van der Waals surface area contributed by atoms with Crippen LogP contribution in [-0.2, 0) is 0 Å². The smallest absolute Gasteiger partial charge is 0.0723 e. The zero-order valence-electron chi connectivity index (χ0n) is 14.6. The van der Waals surface area contributed by atoms with E-state index in [-0.39, 0.29) is 0 Å². The quantitative estimate of drug-likeness (QED) is 0.378. The molecule has 0 saturated heterocycles. The minimum Gasteiger partial charge on any atom is -0.309 e. The van der Waals surface area contributed by atoms with Crippen LogP contribution < -0.4 is 0 Å². The first-order valence-electron chi connectivity index (χ1n) is 8.83. The molecule has 2 nitrogen and oxygen atoms in total. The Morgan fingerprint density at radius 3 is 1.92 bits per heavy atom. The molecule has 0 fully saturated rings. The Balaban J connectivity index is 1.85. The number of hydrogen-bond acceptors (Lipinski definition) is 1. The fourth-order valence-electron chi connectivity index (χ4n) is 3.70. The van der Waals surface area contributed by atoms with E-state index >= 15 is 0 Å². The van der Waals surface area contributed by atoms with Crippen LogP contribution in [0, 0.1) is 6.92 Å². The number of aryl methyl sites for hydroxylation is 1. The number of hydrogen-bond donors (Lipinski definition) is 0. The van der Waals surface area contributed by atoms with E-state index in [0.717, 1.165) is 16.8 Å². The largest absolute Gasteiger partial charge is 0.309 e. The van der Waals surface area contributed by atoms with E-state index in [1.54, 1.807) is 0 Å². The lowest BCUT2D eigenvalue weighted by Gasteiger charge is -2.13. The lowest BCUT2D eigenvalue weighted by molar-refractivity contribution is 1.12. The van der Waals surface area contributed by atoms with Gasteiger partial charge >= 0.3 is 0 Å². The minimum absolute atomic E-state index is 0.994. The van der Waals surface area contributed by atoms with Crippen molar-refractivity contribution in [1.29, 1.82) is 0 Å². The van der Waals surface area contributed by atoms with Crippen molar-refractivity contribution in [2.45, 2.75) is 6.92 Å². The number of pyridine rings is 1. The van der Waals surface area contributed by atoms with Crippen LogP contribution in [0.2, 0.25) is 0 Å². The summed E-state index contributed by atoms with van der Waals surface area (Å²) in [5.41, 5.74) is 6.92. The van der Waals surface area contributed by atoms with Gasteiger partial charge in [0.2, 0.25) is 0 Å². The molecule has 0 unspecified atom stereocenters. The number of fused-ring (bicyclic) bond motifs is 3. The Hall–Kier alpha value is -3.39. The highest BCUT2D eigenvalue weighted by molar-refractivity contribution is 6.09. The molecule has 2 heterocycles. The molecule has 0 aliphatic heterocycles. The average molecular weight is 334 g/mol. The van der Waals surface area contributed by atoms with Crippen LogP contribution in [-0.4, -0.2) is 9.55 Å². The van der Waals surface area contributed by atoms with Gasteiger partial charge in [0.25, 0.3) is 0 Å². The molecule has 0 saturated carbocycles. The van der Waals surface area contributed by atoms with Crippen molar-refractivity contribution in [2.24, 2.45) is 0 Å². The Kier molecular flexibility index (Phi) is 3.36. The molecule has 3 aromatic carbocycles. The first-order chi connectivity index (χ1) is 12.8. The molecule has 0 radical (unpaired) electrons. The number of aromatic nitrogens is 2. The second-order valence-corrected chi connectivity index (χ2v) is 6.59. The SMILES string of the molecule is Cc1cnc(-c2ccccc2)cc1-n1c2ccccc2c2ccccc21. The average Bonchev–Trinajstić information content (AvgIpc) is 3.04. The molecule has 5 aromatic rings. The van der Waals surface area contributed by atoms with Gasteiger partial charge in [-0.25, -0.2) is 0 Å². The maximum atomic E-state index is 4.67. The van der Waals surface area contributed by atoms with E-state index in [0.29, 0.717) is 0 Å². The van der Waals surface area contributed by atoms with Gasteiger partial charge in [-0.3, -0.25) is 4.98 Å². The molecule has 0 aliphatic carbocycles. The molecule has 26 heavy (non-hydrogen) atoms. The maximum absolute atomic E-state index is 4.67. The molecule has 0 N–H and O–H groups in total. The minimum atomic E-state index is 0.994. The van der Waals surface area contributed by atoms with Crippen LogP contribution in [0.5, 0.6) is 0 Å². The monoisotopic (exact) mass is 334 g/mol. The van der Waals surface area contributed by atoms with Crippen molar-refractivity contribution >= 4 is 21.8 Å². The Morgan fingerprint density at radius 2 is 1.27 bits per heavy atom. The predicted octanol–water partition coefficient (Wildman–Crippen LogP) is 6.15. The third kappa shape index (κ3) is 2.23. The van der Waals surface area contributed by atoms with Crippen molar-refractivity contribution in [2.75, 3.05) is 0 Å². The van der Waals surface area contributed by atoms with Crippen molar-refractivity contribution in [3.8, 4) is 16.9 Å². The van der Waals surface area contributed by atoms with Gasteiger partial charge in [0.15, 0.2) is 0 Å². The van der Waals surface area contributed by atoms with Crippen LogP contribution in [0.3, 0.4) is 0 Å². The van der Waals surface area contributed by atoms with E-state index in [1.165, 1.54) is 27.5 Å². The normalized spacial score (nSPS) is 11.3. The highest BCUT2D eigenvalue weighted by Gasteiger charge is 2.14. The van der Waals surface area contributed by atoms with Gasteiger partial charge in [-0.1, -0.05) is 66.7 Å². The third-order valence-electron chi connectivity index (χ3n) is 4.97. The number of nitrogens with zero attached hydrogens (tertiary/aromatic N) is 2. The first kappa shape index (κ1) is 14.9. The Morgan fingerprint density at radius 1 is 0.692 bits per heavy atom. The lowest BCUT2D eigenvalue weighted by atomic mass is 10.1. The van der Waals surface area contributed by atoms with E-state index in [2.05, 4.69) is 95.3 Å². The molecule has 0 amide bonds. The molecular weight excluding hydrogens is 316 g/mol. The van der Waals surface area contributed by atoms with E-state index in [9.17, 15) is 0 Å². The van der Waals surface area contributed by atoms with E-state index in [4.69, 9.17) is 0 Å². The zero-order chi connectivity index (χ0) is 17.5. The van der Waals surface area contributed by atoms with Crippen LogP contribution >= 0.6 is 0 Å². The molecule has 2 heteroatoms. The topological polar surface area (TPSA) is 17.8 Å². The van der Waals surface area contributed by atoms with Crippen LogP contribution in [0.25, 0.3) is 38.8 Å². The summed E-state index contributed by atoms with van der Waals surface area (Å²) in [5, 5.41) is 2.56. The maximum Gasteiger partial charge on any atom is 0.0723 e. The van der Waals surface area contributed by atoms with Gasteiger partial charge in [-0.15, -0.1) is 0 Å². The molecule has 0 spiro atoms. The van der Waals surface area contributed by atoms with Crippen molar-refractivity contribution in [3.63, 3.8) is 0 Å². The molecule has 124 valence electrons. The standard InChI is InChI=1S/C24H18N2/c1-17-16-25-21(18-9-3-2-4-10-18)15-24(17)26-22-13-7-5-11-19(22)20-12-6-8-14-23(20)26/h2-16H,1H3. The molecule has 0 aliphatic rings. The summed E-state index contributed by atoms with van der Waals surface area (Å²) in [6.07, 6.45) is 1.97. The molecule has 0 atom stereocenters. The van der Waals surface area contributed by atoms with Gasteiger partial charge in [0, 0.05) is 22.5 Å². The van der Waals surface area contributed by atoms with Crippen LogP contribution in [0.1, 0.15) is 5.56 Å². The van der Waals surface area contributed by atoms with Gasteiger partial charge in [0.05, 0.1) is 22.4 Å². The van der Waals surface area contributed by atoms with Gasteiger partial charge in [-0.2, -0.15) is 0 Å². The Bertz CT molecular complexity index is 1180. The number of benzene rings is 3. The lowest BCUT2D eigenvalue weighted by Crippen LogP contribution is -1.99.